The largest absolute Gasteiger partial charge is 0.399 e. The zero-order valence-corrected chi connectivity index (χ0v) is 12.1. The van der Waals surface area contributed by atoms with Gasteiger partial charge in [0.15, 0.2) is 0 Å². The zero-order chi connectivity index (χ0) is 13.2. The van der Waals surface area contributed by atoms with Crippen molar-refractivity contribution in [1.82, 2.24) is 4.90 Å². The van der Waals surface area contributed by atoms with Crippen LogP contribution in [0.25, 0.3) is 0 Å². The Morgan fingerprint density at radius 1 is 1.26 bits per heavy atom. The first kappa shape index (κ1) is 12.7. The zero-order valence-electron chi connectivity index (χ0n) is 11.3. The lowest BCUT2D eigenvalue weighted by Crippen LogP contribution is -2.24. The van der Waals surface area contributed by atoms with Crippen LogP contribution in [-0.4, -0.2) is 10.9 Å². The van der Waals surface area contributed by atoms with Gasteiger partial charge in [0.2, 0.25) is 0 Å². The number of thiophene rings is 1. The standard InChI is InChI=1S/C16H20N2S/c1-12-9-13(4-7-16(12)17)10-18(14-5-6-14)11-15-3-2-8-19-15/h2-4,7-9,14H,5-6,10-11,17H2,1H3. The predicted octanol–water partition coefficient (Wildman–Crippen LogP) is 3.80. The molecule has 0 atom stereocenters. The maximum Gasteiger partial charge on any atom is 0.0343 e. The van der Waals surface area contributed by atoms with Crippen LogP contribution in [0.3, 0.4) is 0 Å². The van der Waals surface area contributed by atoms with Crippen molar-refractivity contribution in [2.24, 2.45) is 0 Å². The topological polar surface area (TPSA) is 29.3 Å². The third kappa shape index (κ3) is 3.17. The number of nitrogen functional groups attached to an aromatic ring is 1. The minimum atomic E-state index is 0.778. The van der Waals surface area contributed by atoms with Gasteiger partial charge in [-0.1, -0.05) is 18.2 Å². The van der Waals surface area contributed by atoms with Crippen LogP contribution in [0.4, 0.5) is 5.69 Å². The molecule has 1 aromatic carbocycles. The third-order valence-electron chi connectivity index (χ3n) is 3.72. The molecule has 2 nitrogen and oxygen atoms in total. The number of aryl methyl sites for hydroxylation is 1. The van der Waals surface area contributed by atoms with Gasteiger partial charge in [-0.2, -0.15) is 0 Å². The van der Waals surface area contributed by atoms with E-state index < -0.39 is 0 Å². The summed E-state index contributed by atoms with van der Waals surface area (Å²) in [5.74, 6) is 0. The Labute approximate surface area is 118 Å². The van der Waals surface area contributed by atoms with Crippen LogP contribution in [0.2, 0.25) is 0 Å². The van der Waals surface area contributed by atoms with E-state index in [2.05, 4.69) is 41.5 Å². The Balaban J connectivity index is 1.72. The maximum atomic E-state index is 5.89. The summed E-state index contributed by atoms with van der Waals surface area (Å²) in [7, 11) is 0. The molecule has 0 radical (unpaired) electrons. The number of nitrogens with zero attached hydrogens (tertiary/aromatic N) is 1. The minimum Gasteiger partial charge on any atom is -0.399 e. The lowest BCUT2D eigenvalue weighted by Gasteiger charge is -2.21. The number of rotatable bonds is 5. The van der Waals surface area contributed by atoms with Crippen molar-refractivity contribution < 1.29 is 0 Å². The molecule has 1 aromatic heterocycles. The monoisotopic (exact) mass is 272 g/mol. The quantitative estimate of drug-likeness (QED) is 0.839. The number of benzene rings is 1. The average Bonchev–Trinajstić information content (AvgIpc) is 3.12. The predicted molar refractivity (Wildman–Crippen MR) is 82.2 cm³/mol. The summed E-state index contributed by atoms with van der Waals surface area (Å²) in [6.07, 6.45) is 2.69. The van der Waals surface area contributed by atoms with E-state index in [0.29, 0.717) is 0 Å². The van der Waals surface area contributed by atoms with E-state index in [-0.39, 0.29) is 0 Å². The second-order valence-corrected chi connectivity index (χ2v) is 6.44. The SMILES string of the molecule is Cc1cc(CN(Cc2cccs2)C2CC2)ccc1N. The van der Waals surface area contributed by atoms with Crippen molar-refractivity contribution in [3.8, 4) is 0 Å². The van der Waals surface area contributed by atoms with Gasteiger partial charge in [0.1, 0.15) is 0 Å². The number of hydrogen-bond donors (Lipinski definition) is 1. The summed E-state index contributed by atoms with van der Waals surface area (Å²) in [5, 5.41) is 2.16. The fourth-order valence-corrected chi connectivity index (χ4v) is 3.16. The van der Waals surface area contributed by atoms with Crippen LogP contribution < -0.4 is 5.73 Å². The van der Waals surface area contributed by atoms with Crippen molar-refractivity contribution in [1.29, 1.82) is 0 Å². The molecule has 1 saturated carbocycles. The van der Waals surface area contributed by atoms with E-state index in [4.69, 9.17) is 5.73 Å². The lowest BCUT2D eigenvalue weighted by molar-refractivity contribution is 0.248. The first-order valence-electron chi connectivity index (χ1n) is 6.84. The molecule has 19 heavy (non-hydrogen) atoms. The van der Waals surface area contributed by atoms with E-state index >= 15 is 0 Å². The molecule has 2 aromatic rings. The van der Waals surface area contributed by atoms with Crippen LogP contribution in [0, 0.1) is 6.92 Å². The van der Waals surface area contributed by atoms with Gasteiger partial charge in [0, 0.05) is 29.7 Å². The van der Waals surface area contributed by atoms with Gasteiger partial charge >= 0.3 is 0 Å². The highest BCUT2D eigenvalue weighted by Crippen LogP contribution is 2.31. The Morgan fingerprint density at radius 3 is 2.74 bits per heavy atom. The van der Waals surface area contributed by atoms with Gasteiger partial charge in [0.25, 0.3) is 0 Å². The van der Waals surface area contributed by atoms with Crippen LogP contribution in [0.5, 0.6) is 0 Å². The maximum absolute atomic E-state index is 5.89. The van der Waals surface area contributed by atoms with E-state index in [9.17, 15) is 0 Å². The van der Waals surface area contributed by atoms with Crippen LogP contribution in [0.1, 0.15) is 28.8 Å². The molecule has 1 aliphatic carbocycles. The fraction of sp³-hybridized carbons (Fsp3) is 0.375. The van der Waals surface area contributed by atoms with Crippen LogP contribution in [-0.2, 0) is 13.1 Å². The second-order valence-electron chi connectivity index (χ2n) is 5.41. The molecule has 0 spiro atoms. The van der Waals surface area contributed by atoms with E-state index in [1.54, 1.807) is 0 Å². The van der Waals surface area contributed by atoms with E-state index in [1.807, 2.05) is 17.4 Å². The van der Waals surface area contributed by atoms with Gasteiger partial charge < -0.3 is 5.73 Å². The van der Waals surface area contributed by atoms with Gasteiger partial charge in [-0.3, -0.25) is 4.90 Å². The number of anilines is 1. The molecule has 2 N–H and O–H groups in total. The van der Waals surface area contributed by atoms with Gasteiger partial charge in [-0.25, -0.2) is 0 Å². The van der Waals surface area contributed by atoms with Crippen molar-refractivity contribution >= 4 is 17.0 Å². The molecule has 3 rings (SSSR count). The Morgan fingerprint density at radius 2 is 2.11 bits per heavy atom. The summed E-state index contributed by atoms with van der Waals surface area (Å²) in [6, 6.07) is 11.6. The smallest absolute Gasteiger partial charge is 0.0343 e. The highest BCUT2D eigenvalue weighted by molar-refractivity contribution is 7.09. The molecule has 0 saturated heterocycles. The molecule has 0 amide bonds. The summed E-state index contributed by atoms with van der Waals surface area (Å²) < 4.78 is 0. The highest BCUT2D eigenvalue weighted by Gasteiger charge is 2.29. The molecule has 0 bridgehead atoms. The molecule has 1 aliphatic rings. The van der Waals surface area contributed by atoms with Gasteiger partial charge in [-0.05, 0) is 48.4 Å². The van der Waals surface area contributed by atoms with Gasteiger partial charge in [0.05, 0.1) is 0 Å². The second kappa shape index (κ2) is 5.35. The lowest BCUT2D eigenvalue weighted by atomic mass is 10.1. The third-order valence-corrected chi connectivity index (χ3v) is 4.58. The Kier molecular flexibility index (Phi) is 3.58. The number of nitrogens with two attached hydrogens (primary N) is 1. The average molecular weight is 272 g/mol. The summed E-state index contributed by atoms with van der Waals surface area (Å²) in [4.78, 5) is 4.05. The molecule has 3 heteroatoms. The van der Waals surface area contributed by atoms with Crippen molar-refractivity contribution in [3.63, 3.8) is 0 Å². The fourth-order valence-electron chi connectivity index (χ4n) is 2.43. The first-order valence-corrected chi connectivity index (χ1v) is 7.72. The minimum absolute atomic E-state index is 0.778. The van der Waals surface area contributed by atoms with E-state index in [0.717, 1.165) is 24.8 Å². The molecule has 1 heterocycles. The van der Waals surface area contributed by atoms with Crippen LogP contribution in [0.15, 0.2) is 35.7 Å². The molecule has 100 valence electrons. The Hall–Kier alpha value is -1.32. The first-order chi connectivity index (χ1) is 9.22. The molecule has 0 unspecified atom stereocenters. The summed E-state index contributed by atoms with van der Waals surface area (Å²) in [6.45, 7) is 4.19. The van der Waals surface area contributed by atoms with Crippen molar-refractivity contribution in [2.75, 3.05) is 5.73 Å². The molecule has 1 fully saturated rings. The normalized spacial score (nSPS) is 15.1. The van der Waals surface area contributed by atoms with Crippen molar-refractivity contribution in [2.45, 2.75) is 38.9 Å². The number of hydrogen-bond acceptors (Lipinski definition) is 3. The van der Waals surface area contributed by atoms with E-state index in [1.165, 1.54) is 28.8 Å². The van der Waals surface area contributed by atoms with Crippen LogP contribution >= 0.6 is 11.3 Å². The Bertz CT molecular complexity index is 544. The summed E-state index contributed by atoms with van der Waals surface area (Å²) >= 11 is 1.85. The molecular formula is C16H20N2S. The highest BCUT2D eigenvalue weighted by atomic mass is 32.1. The summed E-state index contributed by atoms with van der Waals surface area (Å²) in [5.41, 5.74) is 9.33. The molecule has 0 aliphatic heterocycles. The van der Waals surface area contributed by atoms with Gasteiger partial charge in [-0.15, -0.1) is 11.3 Å². The van der Waals surface area contributed by atoms with Crippen molar-refractivity contribution in [3.05, 3.63) is 51.7 Å². The molecular weight excluding hydrogens is 252 g/mol.